The molecular weight excluding hydrogens is 274 g/mol. The largest absolute Gasteiger partial charge is 0.301 e. The summed E-state index contributed by atoms with van der Waals surface area (Å²) in [7, 11) is -3.73. The van der Waals surface area contributed by atoms with Gasteiger partial charge in [0, 0.05) is 26.2 Å². The van der Waals surface area contributed by atoms with Gasteiger partial charge in [0.25, 0.3) is 0 Å². The number of hydrogen-bond donors (Lipinski definition) is 0. The monoisotopic (exact) mass is 290 g/mol. The van der Waals surface area contributed by atoms with Gasteiger partial charge in [0.1, 0.15) is 0 Å². The lowest BCUT2D eigenvalue weighted by molar-refractivity contribution is 0.196. The van der Waals surface area contributed by atoms with Crippen molar-refractivity contribution >= 4 is 10.0 Å². The van der Waals surface area contributed by atoms with Crippen LogP contribution in [0.1, 0.15) is 6.92 Å². The smallest absolute Gasteiger partial charge is 0.243 e. The maximum atomic E-state index is 13.1. The highest BCUT2D eigenvalue weighted by atomic mass is 32.2. The van der Waals surface area contributed by atoms with Gasteiger partial charge >= 0.3 is 0 Å². The molecule has 4 nitrogen and oxygen atoms in total. The lowest BCUT2D eigenvalue weighted by Crippen LogP contribution is -2.48. The van der Waals surface area contributed by atoms with Crippen molar-refractivity contribution in [1.82, 2.24) is 9.21 Å². The summed E-state index contributed by atoms with van der Waals surface area (Å²) >= 11 is 0. The molecule has 0 bridgehead atoms. The predicted octanol–water partition coefficient (Wildman–Crippen LogP) is 1.29. The number of likely N-dealkylation sites (N-methyl/N-ethyl adjacent to an activating group) is 1. The first kappa shape index (κ1) is 14.4. The van der Waals surface area contributed by atoms with Crippen LogP contribution >= 0.6 is 0 Å². The molecule has 1 aromatic rings. The minimum atomic E-state index is -3.73. The summed E-state index contributed by atoms with van der Waals surface area (Å²) in [5, 5.41) is 0. The summed E-state index contributed by atoms with van der Waals surface area (Å²) in [6, 6.07) is 2.67. The van der Waals surface area contributed by atoms with Crippen LogP contribution in [0.5, 0.6) is 0 Å². The van der Waals surface area contributed by atoms with Crippen LogP contribution in [0.15, 0.2) is 23.1 Å². The van der Waals surface area contributed by atoms with Crippen LogP contribution in [0.2, 0.25) is 0 Å². The second kappa shape index (κ2) is 5.52. The van der Waals surface area contributed by atoms with E-state index in [1.54, 1.807) is 0 Å². The summed E-state index contributed by atoms with van der Waals surface area (Å²) in [5.74, 6) is -2.19. The van der Waals surface area contributed by atoms with E-state index >= 15 is 0 Å². The Bertz CT molecular complexity index is 555. The van der Waals surface area contributed by atoms with E-state index in [9.17, 15) is 17.2 Å². The van der Waals surface area contributed by atoms with E-state index < -0.39 is 21.7 Å². The van der Waals surface area contributed by atoms with Gasteiger partial charge < -0.3 is 4.90 Å². The van der Waals surface area contributed by atoms with Crippen LogP contribution < -0.4 is 0 Å². The van der Waals surface area contributed by atoms with E-state index in [0.29, 0.717) is 26.2 Å². The number of sulfonamides is 1. The Kier molecular flexibility index (Phi) is 4.17. The summed E-state index contributed by atoms with van der Waals surface area (Å²) in [6.07, 6.45) is 0. The lowest BCUT2D eigenvalue weighted by Gasteiger charge is -2.33. The van der Waals surface area contributed by atoms with Gasteiger partial charge in [0.2, 0.25) is 10.0 Å². The van der Waals surface area contributed by atoms with Crippen LogP contribution in [-0.2, 0) is 10.0 Å². The Morgan fingerprint density at radius 3 is 2.26 bits per heavy atom. The molecule has 0 saturated carbocycles. The molecule has 19 heavy (non-hydrogen) atoms. The highest BCUT2D eigenvalue weighted by molar-refractivity contribution is 7.89. The Balaban J connectivity index is 2.21. The molecule has 0 amide bonds. The van der Waals surface area contributed by atoms with Crippen molar-refractivity contribution in [3.63, 3.8) is 0 Å². The van der Waals surface area contributed by atoms with Gasteiger partial charge in [-0.3, -0.25) is 0 Å². The first-order chi connectivity index (χ1) is 8.95. The standard InChI is InChI=1S/C12H16F2N2O2S/c1-2-15-5-7-16(8-6-15)19(17,18)10-3-4-11(13)12(14)9-10/h3-4,9H,2,5-8H2,1H3. The van der Waals surface area contributed by atoms with E-state index in [1.807, 2.05) is 6.92 Å². The third-order valence-electron chi connectivity index (χ3n) is 3.31. The number of nitrogens with zero attached hydrogens (tertiary/aromatic N) is 2. The van der Waals surface area contributed by atoms with Gasteiger partial charge in [-0.1, -0.05) is 6.92 Å². The third kappa shape index (κ3) is 2.93. The van der Waals surface area contributed by atoms with E-state index in [0.717, 1.165) is 24.7 Å². The molecule has 0 unspecified atom stereocenters. The van der Waals surface area contributed by atoms with Crippen LogP contribution in [0.3, 0.4) is 0 Å². The maximum Gasteiger partial charge on any atom is 0.243 e. The van der Waals surface area contributed by atoms with Crippen LogP contribution in [0, 0.1) is 11.6 Å². The van der Waals surface area contributed by atoms with Crippen molar-refractivity contribution in [2.45, 2.75) is 11.8 Å². The molecule has 0 spiro atoms. The Labute approximate surface area is 111 Å². The Morgan fingerprint density at radius 1 is 1.11 bits per heavy atom. The predicted molar refractivity (Wildman–Crippen MR) is 67.2 cm³/mol. The number of hydrogen-bond acceptors (Lipinski definition) is 3. The average Bonchev–Trinajstić information content (AvgIpc) is 2.41. The van der Waals surface area contributed by atoms with Crippen molar-refractivity contribution in [3.05, 3.63) is 29.8 Å². The molecule has 1 fully saturated rings. The topological polar surface area (TPSA) is 40.6 Å². The fraction of sp³-hybridized carbons (Fsp3) is 0.500. The van der Waals surface area contributed by atoms with Gasteiger partial charge in [-0.05, 0) is 24.7 Å². The van der Waals surface area contributed by atoms with E-state index in [4.69, 9.17) is 0 Å². The Hall–Kier alpha value is -1.05. The van der Waals surface area contributed by atoms with Gasteiger partial charge in [0.05, 0.1) is 4.90 Å². The van der Waals surface area contributed by atoms with E-state index in [2.05, 4.69) is 4.90 Å². The molecule has 0 aliphatic carbocycles. The van der Waals surface area contributed by atoms with Crippen molar-refractivity contribution < 1.29 is 17.2 Å². The molecule has 1 saturated heterocycles. The number of piperazine rings is 1. The first-order valence-electron chi connectivity index (χ1n) is 6.12. The van der Waals surface area contributed by atoms with E-state index in [-0.39, 0.29) is 4.90 Å². The SMILES string of the molecule is CCN1CCN(S(=O)(=O)c2ccc(F)c(F)c2)CC1. The third-order valence-corrected chi connectivity index (χ3v) is 5.20. The first-order valence-corrected chi connectivity index (χ1v) is 7.56. The molecule has 2 rings (SSSR count). The number of rotatable bonds is 3. The highest BCUT2D eigenvalue weighted by Crippen LogP contribution is 2.19. The number of halogens is 2. The quantitative estimate of drug-likeness (QED) is 0.842. The Morgan fingerprint density at radius 2 is 1.74 bits per heavy atom. The van der Waals surface area contributed by atoms with Gasteiger partial charge in [-0.2, -0.15) is 4.31 Å². The molecule has 0 radical (unpaired) electrons. The molecule has 0 aromatic heterocycles. The maximum absolute atomic E-state index is 13.1. The molecule has 1 aliphatic heterocycles. The molecular formula is C12H16F2N2O2S. The highest BCUT2D eigenvalue weighted by Gasteiger charge is 2.28. The fourth-order valence-corrected chi connectivity index (χ4v) is 3.51. The second-order valence-corrected chi connectivity index (χ2v) is 6.35. The van der Waals surface area contributed by atoms with Crippen molar-refractivity contribution in [2.75, 3.05) is 32.7 Å². The minimum absolute atomic E-state index is 0.198. The number of benzene rings is 1. The molecule has 1 aromatic carbocycles. The molecule has 7 heteroatoms. The zero-order valence-electron chi connectivity index (χ0n) is 10.6. The fourth-order valence-electron chi connectivity index (χ4n) is 2.07. The summed E-state index contributed by atoms with van der Waals surface area (Å²) in [5.41, 5.74) is 0. The summed E-state index contributed by atoms with van der Waals surface area (Å²) < 4.78 is 51.8. The second-order valence-electron chi connectivity index (χ2n) is 4.41. The summed E-state index contributed by atoms with van der Waals surface area (Å²) in [6.45, 7) is 4.93. The molecule has 0 N–H and O–H groups in total. The zero-order chi connectivity index (χ0) is 14.0. The van der Waals surface area contributed by atoms with Crippen LogP contribution in [-0.4, -0.2) is 50.3 Å². The van der Waals surface area contributed by atoms with Gasteiger partial charge in [-0.15, -0.1) is 0 Å². The normalized spacial score (nSPS) is 18.7. The van der Waals surface area contributed by atoms with Gasteiger partial charge in [-0.25, -0.2) is 17.2 Å². The van der Waals surface area contributed by atoms with Crippen LogP contribution in [0.25, 0.3) is 0 Å². The van der Waals surface area contributed by atoms with Crippen molar-refractivity contribution in [1.29, 1.82) is 0 Å². The lowest BCUT2D eigenvalue weighted by atomic mass is 10.3. The van der Waals surface area contributed by atoms with Crippen molar-refractivity contribution in [2.24, 2.45) is 0 Å². The zero-order valence-corrected chi connectivity index (χ0v) is 11.5. The molecule has 106 valence electrons. The van der Waals surface area contributed by atoms with E-state index in [1.165, 1.54) is 4.31 Å². The molecule has 1 heterocycles. The molecule has 1 aliphatic rings. The minimum Gasteiger partial charge on any atom is -0.301 e. The summed E-state index contributed by atoms with van der Waals surface area (Å²) in [4.78, 5) is 1.94. The average molecular weight is 290 g/mol. The van der Waals surface area contributed by atoms with Crippen molar-refractivity contribution in [3.8, 4) is 0 Å². The molecule has 0 atom stereocenters. The van der Waals surface area contributed by atoms with Crippen LogP contribution in [0.4, 0.5) is 8.78 Å². The van der Waals surface area contributed by atoms with Gasteiger partial charge in [0.15, 0.2) is 11.6 Å².